The number of hydrogen-bond acceptors (Lipinski definition) is 3. The minimum atomic E-state index is -0.0496. The average molecular weight is 322 g/mol. The highest BCUT2D eigenvalue weighted by Gasteiger charge is 2.13. The first-order chi connectivity index (χ1) is 11.7. The maximum absolute atomic E-state index is 6.21. The summed E-state index contributed by atoms with van der Waals surface area (Å²) in [5, 5.41) is 0. The molecule has 4 heteroatoms. The smallest absolute Gasteiger partial charge is 0.118 e. The van der Waals surface area contributed by atoms with E-state index in [0.717, 1.165) is 17.9 Å². The van der Waals surface area contributed by atoms with Crippen molar-refractivity contribution in [2.45, 2.75) is 26.2 Å². The van der Waals surface area contributed by atoms with Crippen molar-refractivity contribution in [2.24, 2.45) is 0 Å². The summed E-state index contributed by atoms with van der Waals surface area (Å²) in [6.07, 6.45) is 5.49. The van der Waals surface area contributed by atoms with E-state index in [1.54, 1.807) is 13.3 Å². The van der Waals surface area contributed by atoms with E-state index in [1.165, 1.54) is 11.1 Å². The highest BCUT2D eigenvalue weighted by Crippen LogP contribution is 2.24. The first kappa shape index (κ1) is 16.3. The van der Waals surface area contributed by atoms with E-state index in [9.17, 15) is 0 Å². The molecule has 0 aliphatic carbocycles. The number of aromatic nitrogens is 2. The SMILES string of the molecule is COc1ccc(C(Cn2ccnc2)OCc2ccc(C)cc2)cc1. The number of ether oxygens (including phenoxy) is 2. The van der Waals surface area contributed by atoms with Crippen LogP contribution in [-0.2, 0) is 17.9 Å². The Bertz CT molecular complexity index is 734. The van der Waals surface area contributed by atoms with Crippen LogP contribution in [0.25, 0.3) is 0 Å². The molecule has 0 spiro atoms. The van der Waals surface area contributed by atoms with Gasteiger partial charge >= 0.3 is 0 Å². The Kier molecular flexibility index (Phi) is 5.29. The monoisotopic (exact) mass is 322 g/mol. The zero-order chi connectivity index (χ0) is 16.8. The standard InChI is InChI=1S/C20H22N2O2/c1-16-3-5-17(6-4-16)14-24-20(13-22-12-11-21-15-22)18-7-9-19(23-2)10-8-18/h3-12,15,20H,13-14H2,1-2H3. The van der Waals surface area contributed by atoms with Crippen LogP contribution in [0.1, 0.15) is 22.8 Å². The Morgan fingerprint density at radius 2 is 1.79 bits per heavy atom. The van der Waals surface area contributed by atoms with Gasteiger partial charge in [0.1, 0.15) is 11.9 Å². The summed E-state index contributed by atoms with van der Waals surface area (Å²) in [7, 11) is 1.67. The summed E-state index contributed by atoms with van der Waals surface area (Å²) in [4.78, 5) is 4.11. The molecule has 0 radical (unpaired) electrons. The molecule has 2 aromatic carbocycles. The van der Waals surface area contributed by atoms with Crippen LogP contribution in [0, 0.1) is 6.92 Å². The Morgan fingerprint density at radius 1 is 1.04 bits per heavy atom. The van der Waals surface area contributed by atoms with E-state index in [1.807, 2.05) is 29.2 Å². The van der Waals surface area contributed by atoms with Crippen molar-refractivity contribution in [2.75, 3.05) is 7.11 Å². The molecule has 1 aromatic heterocycles. The van der Waals surface area contributed by atoms with E-state index in [4.69, 9.17) is 9.47 Å². The normalized spacial score (nSPS) is 12.1. The number of rotatable bonds is 7. The topological polar surface area (TPSA) is 36.3 Å². The zero-order valence-electron chi connectivity index (χ0n) is 14.1. The van der Waals surface area contributed by atoms with Crippen LogP contribution < -0.4 is 4.74 Å². The summed E-state index contributed by atoms with van der Waals surface area (Å²) >= 11 is 0. The third kappa shape index (κ3) is 4.24. The quantitative estimate of drug-likeness (QED) is 0.655. The molecule has 0 saturated heterocycles. The highest BCUT2D eigenvalue weighted by molar-refractivity contribution is 5.28. The second kappa shape index (κ2) is 7.79. The summed E-state index contributed by atoms with van der Waals surface area (Å²) in [5.41, 5.74) is 3.55. The van der Waals surface area contributed by atoms with Crippen LogP contribution in [-0.4, -0.2) is 16.7 Å². The first-order valence-electron chi connectivity index (χ1n) is 8.01. The minimum absolute atomic E-state index is 0.0496. The summed E-state index contributed by atoms with van der Waals surface area (Å²) in [6.45, 7) is 3.38. The molecule has 24 heavy (non-hydrogen) atoms. The number of methoxy groups -OCH3 is 1. The minimum Gasteiger partial charge on any atom is -0.497 e. The molecule has 0 saturated carbocycles. The Hall–Kier alpha value is -2.59. The molecule has 0 aliphatic heterocycles. The van der Waals surface area contributed by atoms with Crippen molar-refractivity contribution in [1.82, 2.24) is 9.55 Å². The molecule has 3 rings (SSSR count). The summed E-state index contributed by atoms with van der Waals surface area (Å²) in [6, 6.07) is 16.5. The summed E-state index contributed by atoms with van der Waals surface area (Å²) < 4.78 is 13.5. The second-order valence-corrected chi connectivity index (χ2v) is 5.82. The predicted octanol–water partition coefficient (Wildman–Crippen LogP) is 4.16. The van der Waals surface area contributed by atoms with Gasteiger partial charge in [0.25, 0.3) is 0 Å². The fraction of sp³-hybridized carbons (Fsp3) is 0.250. The molecule has 1 heterocycles. The van der Waals surface area contributed by atoms with E-state index in [0.29, 0.717) is 6.61 Å². The molecule has 4 nitrogen and oxygen atoms in total. The lowest BCUT2D eigenvalue weighted by atomic mass is 10.1. The largest absolute Gasteiger partial charge is 0.497 e. The third-order valence-corrected chi connectivity index (χ3v) is 4.00. The van der Waals surface area contributed by atoms with Gasteiger partial charge in [-0.05, 0) is 30.2 Å². The molecule has 124 valence electrons. The van der Waals surface area contributed by atoms with Gasteiger partial charge in [-0.25, -0.2) is 4.98 Å². The number of imidazole rings is 1. The summed E-state index contributed by atoms with van der Waals surface area (Å²) in [5.74, 6) is 0.846. The molecule has 0 bridgehead atoms. The average Bonchev–Trinajstić information content (AvgIpc) is 3.13. The number of aryl methyl sites for hydroxylation is 1. The van der Waals surface area contributed by atoms with Crippen molar-refractivity contribution in [3.8, 4) is 5.75 Å². The fourth-order valence-corrected chi connectivity index (χ4v) is 2.54. The maximum Gasteiger partial charge on any atom is 0.118 e. The second-order valence-electron chi connectivity index (χ2n) is 5.82. The van der Waals surface area contributed by atoms with Crippen LogP contribution in [0.3, 0.4) is 0 Å². The third-order valence-electron chi connectivity index (χ3n) is 4.00. The molecular formula is C20H22N2O2. The van der Waals surface area contributed by atoms with Crippen molar-refractivity contribution < 1.29 is 9.47 Å². The van der Waals surface area contributed by atoms with Crippen LogP contribution >= 0.6 is 0 Å². The molecule has 0 aliphatic rings. The van der Waals surface area contributed by atoms with Crippen molar-refractivity contribution >= 4 is 0 Å². The van der Waals surface area contributed by atoms with Gasteiger partial charge in [0.2, 0.25) is 0 Å². The number of benzene rings is 2. The Labute approximate surface area is 142 Å². The maximum atomic E-state index is 6.21. The molecule has 0 fully saturated rings. The van der Waals surface area contributed by atoms with Crippen molar-refractivity contribution in [3.05, 3.63) is 83.9 Å². The zero-order valence-corrected chi connectivity index (χ0v) is 14.1. The fourth-order valence-electron chi connectivity index (χ4n) is 2.54. The van der Waals surface area contributed by atoms with Crippen LogP contribution in [0.2, 0.25) is 0 Å². The van der Waals surface area contributed by atoms with Crippen molar-refractivity contribution in [1.29, 1.82) is 0 Å². The van der Waals surface area contributed by atoms with Gasteiger partial charge in [0.15, 0.2) is 0 Å². The van der Waals surface area contributed by atoms with E-state index in [-0.39, 0.29) is 6.10 Å². The van der Waals surface area contributed by atoms with E-state index >= 15 is 0 Å². The van der Waals surface area contributed by atoms with E-state index in [2.05, 4.69) is 48.3 Å². The highest BCUT2D eigenvalue weighted by atomic mass is 16.5. The molecule has 0 amide bonds. The lowest BCUT2D eigenvalue weighted by Gasteiger charge is -2.19. The molecular weight excluding hydrogens is 300 g/mol. The molecule has 3 aromatic rings. The van der Waals surface area contributed by atoms with Gasteiger partial charge < -0.3 is 14.0 Å². The van der Waals surface area contributed by atoms with Gasteiger partial charge in [-0.3, -0.25) is 0 Å². The van der Waals surface area contributed by atoms with Crippen LogP contribution in [0.15, 0.2) is 67.3 Å². The number of nitrogens with zero attached hydrogens (tertiary/aromatic N) is 2. The van der Waals surface area contributed by atoms with Gasteiger partial charge in [0, 0.05) is 12.4 Å². The Morgan fingerprint density at radius 3 is 2.42 bits per heavy atom. The lowest BCUT2D eigenvalue weighted by molar-refractivity contribution is 0.0279. The van der Waals surface area contributed by atoms with Crippen molar-refractivity contribution in [3.63, 3.8) is 0 Å². The molecule has 1 atom stereocenters. The van der Waals surface area contributed by atoms with Gasteiger partial charge in [-0.1, -0.05) is 42.0 Å². The molecule has 1 unspecified atom stereocenters. The van der Waals surface area contributed by atoms with Gasteiger partial charge in [-0.2, -0.15) is 0 Å². The van der Waals surface area contributed by atoms with Crippen LogP contribution in [0.5, 0.6) is 5.75 Å². The molecule has 0 N–H and O–H groups in total. The van der Waals surface area contributed by atoms with Crippen LogP contribution in [0.4, 0.5) is 0 Å². The first-order valence-corrected chi connectivity index (χ1v) is 8.01. The Balaban J connectivity index is 1.74. The predicted molar refractivity (Wildman–Crippen MR) is 93.9 cm³/mol. The van der Waals surface area contributed by atoms with E-state index < -0.39 is 0 Å². The van der Waals surface area contributed by atoms with Gasteiger partial charge in [0.05, 0.1) is 26.6 Å². The lowest BCUT2D eigenvalue weighted by Crippen LogP contribution is -2.12. The van der Waals surface area contributed by atoms with Gasteiger partial charge in [-0.15, -0.1) is 0 Å². The number of hydrogen-bond donors (Lipinski definition) is 0.